The Hall–Kier alpha value is -2.48. The Morgan fingerprint density at radius 2 is 1.88 bits per heavy atom. The first-order chi connectivity index (χ1) is 11.9. The Bertz CT molecular complexity index is 848. The molecule has 1 aromatic carbocycles. The van der Waals surface area contributed by atoms with Gasteiger partial charge in [0.25, 0.3) is 5.91 Å². The van der Waals surface area contributed by atoms with Crippen LogP contribution in [-0.4, -0.2) is 41.8 Å². The molecular weight excluding hydrogens is 340 g/mol. The molecule has 1 aromatic heterocycles. The quantitative estimate of drug-likeness (QED) is 0.844. The molecule has 0 aliphatic carbocycles. The summed E-state index contributed by atoms with van der Waals surface area (Å²) in [6, 6.07) is 7.47. The van der Waals surface area contributed by atoms with Gasteiger partial charge in [0.15, 0.2) is 9.84 Å². The summed E-state index contributed by atoms with van der Waals surface area (Å²) in [5, 5.41) is 5.79. The normalized spacial score (nSPS) is 18.7. The maximum Gasteiger partial charge on any atom is 0.258 e. The average Bonchev–Trinajstić information content (AvgIpc) is 2.94. The summed E-state index contributed by atoms with van der Waals surface area (Å²) < 4.78 is 22.9. The fourth-order valence-electron chi connectivity index (χ4n) is 2.64. The minimum absolute atomic E-state index is 0.0896. The summed E-state index contributed by atoms with van der Waals surface area (Å²) in [5.41, 5.74) is 2.25. The third-order valence-electron chi connectivity index (χ3n) is 4.10. The number of carbonyl (C=O) groups excluding carboxylic acids is 1. The summed E-state index contributed by atoms with van der Waals surface area (Å²) in [4.78, 5) is 20.4. The number of carbonyl (C=O) groups is 1. The van der Waals surface area contributed by atoms with Crippen LogP contribution in [-0.2, 0) is 16.3 Å². The molecule has 25 heavy (non-hydrogen) atoms. The number of hydrogen-bond acceptors (Lipinski definition) is 6. The lowest BCUT2D eigenvalue weighted by atomic mass is 10.1. The molecule has 7 nitrogen and oxygen atoms in total. The second-order valence-electron chi connectivity index (χ2n) is 6.04. The first-order valence-electron chi connectivity index (χ1n) is 8.14. The summed E-state index contributed by atoms with van der Waals surface area (Å²) in [6.07, 6.45) is 4.34. The van der Waals surface area contributed by atoms with Crippen LogP contribution in [0.1, 0.15) is 29.3 Å². The van der Waals surface area contributed by atoms with Crippen LogP contribution in [0.5, 0.6) is 0 Å². The van der Waals surface area contributed by atoms with E-state index in [0.717, 1.165) is 6.42 Å². The summed E-state index contributed by atoms with van der Waals surface area (Å²) in [5.74, 6) is 0.305. The summed E-state index contributed by atoms with van der Waals surface area (Å²) >= 11 is 0. The predicted molar refractivity (Wildman–Crippen MR) is 96.5 cm³/mol. The molecule has 1 amide bonds. The highest BCUT2D eigenvalue weighted by molar-refractivity contribution is 7.91. The van der Waals surface area contributed by atoms with Gasteiger partial charge >= 0.3 is 0 Å². The molecule has 1 unspecified atom stereocenters. The molecule has 0 radical (unpaired) electrons. The number of nitrogens with one attached hydrogen (secondary N) is 2. The maximum absolute atomic E-state index is 12.2. The van der Waals surface area contributed by atoms with Gasteiger partial charge in [0.1, 0.15) is 0 Å². The van der Waals surface area contributed by atoms with E-state index in [4.69, 9.17) is 0 Å². The van der Waals surface area contributed by atoms with E-state index >= 15 is 0 Å². The van der Waals surface area contributed by atoms with Crippen molar-refractivity contribution in [2.45, 2.75) is 25.8 Å². The second kappa shape index (κ2) is 7.18. The van der Waals surface area contributed by atoms with Crippen LogP contribution in [0.2, 0.25) is 0 Å². The van der Waals surface area contributed by atoms with Crippen LogP contribution in [0.15, 0.2) is 36.7 Å². The number of anilines is 2. The number of hydrogen-bond donors (Lipinski definition) is 2. The van der Waals surface area contributed by atoms with Gasteiger partial charge in [0.05, 0.1) is 17.1 Å². The Labute approximate surface area is 146 Å². The van der Waals surface area contributed by atoms with Crippen molar-refractivity contribution >= 4 is 27.4 Å². The van der Waals surface area contributed by atoms with E-state index in [2.05, 4.69) is 27.5 Å². The van der Waals surface area contributed by atoms with Crippen molar-refractivity contribution in [3.63, 3.8) is 0 Å². The molecule has 1 aliphatic heterocycles. The number of aromatic nitrogens is 2. The zero-order valence-electron chi connectivity index (χ0n) is 13.9. The van der Waals surface area contributed by atoms with Crippen molar-refractivity contribution in [1.82, 2.24) is 9.97 Å². The van der Waals surface area contributed by atoms with Gasteiger partial charge in [-0.05, 0) is 30.5 Å². The molecular formula is C17H20N4O3S. The number of amides is 1. The van der Waals surface area contributed by atoms with Gasteiger partial charge in [0.2, 0.25) is 5.95 Å². The second-order valence-corrected chi connectivity index (χ2v) is 8.27. The molecule has 8 heteroatoms. The molecule has 1 saturated heterocycles. The Morgan fingerprint density at radius 1 is 1.20 bits per heavy atom. The minimum atomic E-state index is -2.96. The summed E-state index contributed by atoms with van der Waals surface area (Å²) in [6.45, 7) is 2.07. The topological polar surface area (TPSA) is 101 Å². The van der Waals surface area contributed by atoms with Crippen molar-refractivity contribution in [3.8, 4) is 0 Å². The zero-order valence-corrected chi connectivity index (χ0v) is 14.7. The van der Waals surface area contributed by atoms with Crippen molar-refractivity contribution in [2.24, 2.45) is 0 Å². The molecule has 3 rings (SSSR count). The van der Waals surface area contributed by atoms with Crippen LogP contribution < -0.4 is 10.6 Å². The van der Waals surface area contributed by atoms with Gasteiger partial charge in [-0.3, -0.25) is 4.79 Å². The molecule has 1 aliphatic rings. The number of benzene rings is 1. The lowest BCUT2D eigenvalue weighted by Crippen LogP contribution is -2.22. The zero-order chi connectivity index (χ0) is 17.9. The maximum atomic E-state index is 12.2. The third-order valence-corrected chi connectivity index (χ3v) is 5.87. The van der Waals surface area contributed by atoms with Crippen molar-refractivity contribution in [3.05, 3.63) is 47.8 Å². The third kappa shape index (κ3) is 4.54. The SMILES string of the molecule is CCc1ccc(NC(=O)c2cnc(NC3CCS(=O)(=O)C3)nc2)cc1. The van der Waals surface area contributed by atoms with Crippen LogP contribution in [0.25, 0.3) is 0 Å². The van der Waals surface area contributed by atoms with E-state index in [9.17, 15) is 13.2 Å². The van der Waals surface area contributed by atoms with Gasteiger partial charge in [-0.2, -0.15) is 0 Å². The minimum Gasteiger partial charge on any atom is -0.350 e. The van der Waals surface area contributed by atoms with Gasteiger partial charge < -0.3 is 10.6 Å². The first kappa shape index (κ1) is 17.3. The van der Waals surface area contributed by atoms with E-state index in [1.807, 2.05) is 24.3 Å². The molecule has 132 valence electrons. The Morgan fingerprint density at radius 3 is 2.44 bits per heavy atom. The van der Waals surface area contributed by atoms with Gasteiger partial charge in [-0.25, -0.2) is 18.4 Å². The van der Waals surface area contributed by atoms with E-state index in [1.165, 1.54) is 18.0 Å². The average molecular weight is 360 g/mol. The van der Waals surface area contributed by atoms with Crippen molar-refractivity contribution in [2.75, 3.05) is 22.1 Å². The van der Waals surface area contributed by atoms with Crippen LogP contribution >= 0.6 is 0 Å². The standard InChI is InChI=1S/C17H20N4O3S/c1-2-12-3-5-14(6-4-12)20-16(22)13-9-18-17(19-10-13)21-15-7-8-25(23,24)11-15/h3-6,9-10,15H,2,7-8,11H2,1H3,(H,20,22)(H,18,19,21). The molecule has 0 spiro atoms. The van der Waals surface area contributed by atoms with E-state index in [0.29, 0.717) is 23.6 Å². The highest BCUT2D eigenvalue weighted by Crippen LogP contribution is 2.15. The highest BCUT2D eigenvalue weighted by atomic mass is 32.2. The molecule has 0 saturated carbocycles. The highest BCUT2D eigenvalue weighted by Gasteiger charge is 2.28. The molecule has 1 fully saturated rings. The predicted octanol–water partition coefficient (Wildman–Crippen LogP) is 1.89. The lowest BCUT2D eigenvalue weighted by Gasteiger charge is -2.10. The summed E-state index contributed by atoms with van der Waals surface area (Å²) in [7, 11) is -2.96. The van der Waals surface area contributed by atoms with E-state index in [1.54, 1.807) is 0 Å². The molecule has 2 heterocycles. The van der Waals surface area contributed by atoms with Crippen molar-refractivity contribution in [1.29, 1.82) is 0 Å². The number of rotatable bonds is 5. The van der Waals surface area contributed by atoms with E-state index < -0.39 is 9.84 Å². The molecule has 1 atom stereocenters. The number of sulfone groups is 1. The molecule has 2 N–H and O–H groups in total. The first-order valence-corrected chi connectivity index (χ1v) is 9.96. The van der Waals surface area contributed by atoms with Gasteiger partial charge in [-0.15, -0.1) is 0 Å². The monoisotopic (exact) mass is 360 g/mol. The van der Waals surface area contributed by atoms with Crippen LogP contribution in [0.4, 0.5) is 11.6 Å². The lowest BCUT2D eigenvalue weighted by molar-refractivity contribution is 0.102. The Kier molecular flexibility index (Phi) is 4.98. The fourth-order valence-corrected chi connectivity index (χ4v) is 4.31. The molecule has 0 bridgehead atoms. The Balaban J connectivity index is 1.60. The fraction of sp³-hybridized carbons (Fsp3) is 0.353. The smallest absolute Gasteiger partial charge is 0.258 e. The van der Waals surface area contributed by atoms with Gasteiger partial charge in [0, 0.05) is 24.1 Å². The van der Waals surface area contributed by atoms with Gasteiger partial charge in [-0.1, -0.05) is 19.1 Å². The van der Waals surface area contributed by atoms with Crippen LogP contribution in [0.3, 0.4) is 0 Å². The largest absolute Gasteiger partial charge is 0.350 e. The van der Waals surface area contributed by atoms with Crippen LogP contribution in [0, 0.1) is 0 Å². The number of nitrogens with zero attached hydrogens (tertiary/aromatic N) is 2. The van der Waals surface area contributed by atoms with Crippen molar-refractivity contribution < 1.29 is 13.2 Å². The molecule has 2 aromatic rings. The van der Waals surface area contributed by atoms with E-state index in [-0.39, 0.29) is 23.5 Å². The number of aryl methyl sites for hydroxylation is 1.